The van der Waals surface area contributed by atoms with Crippen molar-refractivity contribution < 1.29 is 9.90 Å². The number of aromatic hydroxyl groups is 1. The highest BCUT2D eigenvalue weighted by Gasteiger charge is 2.11. The predicted octanol–water partition coefficient (Wildman–Crippen LogP) is 2.45. The Hall–Kier alpha value is -2.27. The number of rotatable bonds is 5. The van der Waals surface area contributed by atoms with E-state index in [1.54, 1.807) is 25.2 Å². The maximum absolute atomic E-state index is 12.1. The van der Waals surface area contributed by atoms with Crippen LogP contribution in [0.2, 0.25) is 5.02 Å². The summed E-state index contributed by atoms with van der Waals surface area (Å²) in [6.07, 6.45) is 2.12. The van der Waals surface area contributed by atoms with Gasteiger partial charge in [0.2, 0.25) is 0 Å². The molecule has 0 aliphatic carbocycles. The molecule has 0 fully saturated rings. The fraction of sp³-hybridized carbons (Fsp3) is 0.200. The average Bonchev–Trinajstić information content (AvgIpc) is 2.49. The predicted molar refractivity (Wildman–Crippen MR) is 82.9 cm³/mol. The molecule has 2 rings (SSSR count). The van der Waals surface area contributed by atoms with Gasteiger partial charge in [-0.15, -0.1) is 0 Å². The first-order valence-corrected chi connectivity index (χ1v) is 6.87. The number of nitrogens with zero attached hydrogens (tertiary/aromatic N) is 1. The summed E-state index contributed by atoms with van der Waals surface area (Å²) < 4.78 is 0. The quantitative estimate of drug-likeness (QED) is 0.793. The number of pyridine rings is 1. The molecule has 0 atom stereocenters. The highest BCUT2D eigenvalue weighted by Crippen LogP contribution is 2.17. The number of hydrogen-bond donors (Lipinski definition) is 3. The summed E-state index contributed by atoms with van der Waals surface area (Å²) in [6.45, 7) is 0.483. The molecule has 0 spiro atoms. The number of aromatic nitrogens is 1. The Morgan fingerprint density at radius 3 is 2.71 bits per heavy atom. The lowest BCUT2D eigenvalue weighted by atomic mass is 10.1. The lowest BCUT2D eigenvalue weighted by Gasteiger charge is -2.08. The van der Waals surface area contributed by atoms with Crippen molar-refractivity contribution in [3.8, 4) is 5.75 Å². The van der Waals surface area contributed by atoms with E-state index in [0.717, 1.165) is 5.56 Å². The first-order valence-electron chi connectivity index (χ1n) is 6.49. The molecule has 110 valence electrons. The van der Waals surface area contributed by atoms with Crippen molar-refractivity contribution in [1.82, 2.24) is 10.3 Å². The van der Waals surface area contributed by atoms with E-state index in [4.69, 9.17) is 11.6 Å². The zero-order valence-electron chi connectivity index (χ0n) is 11.6. The molecular weight excluding hydrogens is 290 g/mol. The van der Waals surface area contributed by atoms with Crippen LogP contribution < -0.4 is 10.6 Å². The molecule has 0 radical (unpaired) electrons. The van der Waals surface area contributed by atoms with Crippen LogP contribution in [-0.2, 0) is 6.42 Å². The number of carbonyl (C=O) groups is 1. The second kappa shape index (κ2) is 6.95. The van der Waals surface area contributed by atoms with Gasteiger partial charge in [0, 0.05) is 19.8 Å². The number of phenols is 1. The Morgan fingerprint density at radius 1 is 1.33 bits per heavy atom. The van der Waals surface area contributed by atoms with Crippen LogP contribution in [0.25, 0.3) is 0 Å². The van der Waals surface area contributed by atoms with Crippen molar-refractivity contribution in [3.63, 3.8) is 0 Å². The van der Waals surface area contributed by atoms with Crippen LogP contribution in [0.3, 0.4) is 0 Å². The lowest BCUT2D eigenvalue weighted by Crippen LogP contribution is -2.26. The first kappa shape index (κ1) is 15.1. The fourth-order valence-corrected chi connectivity index (χ4v) is 2.02. The Labute approximate surface area is 128 Å². The number of carbonyl (C=O) groups excluding carboxylic acids is 1. The van der Waals surface area contributed by atoms with Gasteiger partial charge in [0.25, 0.3) is 5.91 Å². The van der Waals surface area contributed by atoms with Crippen molar-refractivity contribution >= 4 is 23.3 Å². The topological polar surface area (TPSA) is 74.2 Å². The van der Waals surface area contributed by atoms with Crippen molar-refractivity contribution in [2.24, 2.45) is 0 Å². The zero-order chi connectivity index (χ0) is 15.2. The molecule has 2 aromatic rings. The Kier molecular flexibility index (Phi) is 5.00. The van der Waals surface area contributed by atoms with E-state index < -0.39 is 0 Å². The summed E-state index contributed by atoms with van der Waals surface area (Å²) in [5, 5.41) is 15.2. The smallest absolute Gasteiger partial charge is 0.253 e. The zero-order valence-corrected chi connectivity index (χ0v) is 12.3. The standard InChI is InChI=1S/C15H16ClN3O2/c1-17-14-8-12(13(16)9-19-14)15(21)18-7-6-10-2-4-11(20)5-3-10/h2-5,8-9,20H,6-7H2,1H3,(H,17,19)(H,18,21). The molecule has 0 unspecified atom stereocenters. The summed E-state index contributed by atoms with van der Waals surface area (Å²) in [5.41, 5.74) is 1.42. The van der Waals surface area contributed by atoms with Gasteiger partial charge in [0.15, 0.2) is 0 Å². The molecule has 1 aromatic carbocycles. The molecule has 21 heavy (non-hydrogen) atoms. The van der Waals surface area contributed by atoms with E-state index in [-0.39, 0.29) is 11.7 Å². The maximum Gasteiger partial charge on any atom is 0.253 e. The van der Waals surface area contributed by atoms with Gasteiger partial charge in [-0.3, -0.25) is 4.79 Å². The minimum absolute atomic E-state index is 0.228. The van der Waals surface area contributed by atoms with E-state index in [2.05, 4.69) is 15.6 Å². The molecule has 0 saturated heterocycles. The number of hydrogen-bond acceptors (Lipinski definition) is 4. The molecule has 0 bridgehead atoms. The van der Waals surface area contributed by atoms with Gasteiger partial charge >= 0.3 is 0 Å². The van der Waals surface area contributed by atoms with E-state index in [0.29, 0.717) is 29.4 Å². The molecule has 5 nitrogen and oxygen atoms in total. The van der Waals surface area contributed by atoms with Gasteiger partial charge in [0.1, 0.15) is 11.6 Å². The van der Waals surface area contributed by atoms with Crippen LogP contribution in [0.15, 0.2) is 36.5 Å². The summed E-state index contributed by atoms with van der Waals surface area (Å²) in [5.74, 6) is 0.576. The normalized spacial score (nSPS) is 10.2. The van der Waals surface area contributed by atoms with Crippen molar-refractivity contribution in [2.45, 2.75) is 6.42 Å². The maximum atomic E-state index is 12.1. The molecule has 0 saturated carbocycles. The number of anilines is 1. The SMILES string of the molecule is CNc1cc(C(=O)NCCc2ccc(O)cc2)c(Cl)cn1. The highest BCUT2D eigenvalue weighted by molar-refractivity contribution is 6.33. The first-order chi connectivity index (χ1) is 10.1. The summed E-state index contributed by atoms with van der Waals surface area (Å²) in [4.78, 5) is 16.1. The largest absolute Gasteiger partial charge is 0.508 e. The number of benzene rings is 1. The molecule has 1 heterocycles. The van der Waals surface area contributed by atoms with Crippen molar-refractivity contribution in [1.29, 1.82) is 0 Å². The van der Waals surface area contributed by atoms with Crippen LogP contribution in [-0.4, -0.2) is 29.6 Å². The number of amides is 1. The van der Waals surface area contributed by atoms with Gasteiger partial charge in [-0.2, -0.15) is 0 Å². The minimum atomic E-state index is -0.238. The third-order valence-corrected chi connectivity index (χ3v) is 3.29. The van der Waals surface area contributed by atoms with Gasteiger partial charge < -0.3 is 15.7 Å². The Bertz CT molecular complexity index is 629. The summed E-state index contributed by atoms with van der Waals surface area (Å²) >= 11 is 5.98. The fourth-order valence-electron chi connectivity index (χ4n) is 1.83. The molecule has 6 heteroatoms. The van der Waals surface area contributed by atoms with E-state index in [1.165, 1.54) is 6.20 Å². The van der Waals surface area contributed by atoms with Crippen molar-refractivity contribution in [3.05, 3.63) is 52.7 Å². The molecular formula is C15H16ClN3O2. The summed E-state index contributed by atoms with van der Waals surface area (Å²) in [6, 6.07) is 8.49. The Morgan fingerprint density at radius 2 is 2.05 bits per heavy atom. The van der Waals surface area contributed by atoms with Gasteiger partial charge in [-0.25, -0.2) is 4.98 Å². The molecule has 1 aromatic heterocycles. The number of halogens is 1. The minimum Gasteiger partial charge on any atom is -0.508 e. The number of phenolic OH excluding ortho intramolecular Hbond substituents is 1. The van der Waals surface area contributed by atoms with E-state index in [1.807, 2.05) is 12.1 Å². The van der Waals surface area contributed by atoms with E-state index >= 15 is 0 Å². The Balaban J connectivity index is 1.94. The second-order valence-corrected chi connectivity index (χ2v) is 4.88. The highest BCUT2D eigenvalue weighted by atomic mass is 35.5. The van der Waals surface area contributed by atoms with Gasteiger partial charge in [-0.05, 0) is 30.2 Å². The molecule has 0 aliphatic rings. The third kappa shape index (κ3) is 4.10. The van der Waals surface area contributed by atoms with Crippen LogP contribution in [0.5, 0.6) is 5.75 Å². The lowest BCUT2D eigenvalue weighted by molar-refractivity contribution is 0.0954. The van der Waals surface area contributed by atoms with Crippen LogP contribution in [0, 0.1) is 0 Å². The van der Waals surface area contributed by atoms with E-state index in [9.17, 15) is 9.90 Å². The van der Waals surface area contributed by atoms with Crippen molar-refractivity contribution in [2.75, 3.05) is 18.9 Å². The summed E-state index contributed by atoms with van der Waals surface area (Å²) in [7, 11) is 1.72. The van der Waals surface area contributed by atoms with Crippen LogP contribution in [0.4, 0.5) is 5.82 Å². The van der Waals surface area contributed by atoms with Gasteiger partial charge in [0.05, 0.1) is 10.6 Å². The third-order valence-electron chi connectivity index (χ3n) is 2.99. The van der Waals surface area contributed by atoms with Gasteiger partial charge in [-0.1, -0.05) is 23.7 Å². The second-order valence-electron chi connectivity index (χ2n) is 4.47. The van der Waals surface area contributed by atoms with Crippen LogP contribution >= 0.6 is 11.6 Å². The van der Waals surface area contributed by atoms with Crippen LogP contribution in [0.1, 0.15) is 15.9 Å². The number of nitrogens with one attached hydrogen (secondary N) is 2. The molecule has 0 aliphatic heterocycles. The average molecular weight is 306 g/mol. The molecule has 1 amide bonds. The molecule has 3 N–H and O–H groups in total. The monoisotopic (exact) mass is 305 g/mol.